The molecule has 4 rings (SSSR count). The number of aryl methyl sites for hydroxylation is 1. The summed E-state index contributed by atoms with van der Waals surface area (Å²) in [6, 6.07) is 19.2. The van der Waals surface area contributed by atoms with Crippen LogP contribution in [0.4, 0.5) is 5.69 Å². The van der Waals surface area contributed by atoms with E-state index in [0.29, 0.717) is 10.8 Å². The van der Waals surface area contributed by atoms with Crippen molar-refractivity contribution < 1.29 is 22.7 Å². The number of methoxy groups -OCH3 is 1. The molecule has 1 N–H and O–H groups in total. The largest absolute Gasteiger partial charge is 0.497 e. The number of halogens is 1. The maximum Gasteiger partial charge on any atom is 0.264 e. The van der Waals surface area contributed by atoms with Gasteiger partial charge in [0.1, 0.15) is 18.3 Å². The summed E-state index contributed by atoms with van der Waals surface area (Å²) in [6.07, 6.45) is 5.10. The van der Waals surface area contributed by atoms with E-state index in [1.54, 1.807) is 43.3 Å². The third-order valence-corrected chi connectivity index (χ3v) is 9.64. The molecule has 1 saturated carbocycles. The van der Waals surface area contributed by atoms with Crippen LogP contribution >= 0.6 is 11.6 Å². The first-order chi connectivity index (χ1) is 20.1. The highest BCUT2D eigenvalue weighted by Gasteiger charge is 2.33. The Morgan fingerprint density at radius 2 is 1.67 bits per heavy atom. The van der Waals surface area contributed by atoms with Gasteiger partial charge in [-0.25, -0.2) is 8.42 Å². The molecule has 0 bridgehead atoms. The van der Waals surface area contributed by atoms with E-state index >= 15 is 0 Å². The topological polar surface area (TPSA) is 96.0 Å². The zero-order chi connectivity index (χ0) is 30.3. The minimum absolute atomic E-state index is 0.000579. The molecule has 224 valence electrons. The van der Waals surface area contributed by atoms with Crippen molar-refractivity contribution in [1.82, 2.24) is 10.2 Å². The Hall–Kier alpha value is -3.56. The van der Waals surface area contributed by atoms with Crippen LogP contribution in [0, 0.1) is 6.92 Å². The highest BCUT2D eigenvalue weighted by molar-refractivity contribution is 7.92. The van der Waals surface area contributed by atoms with Gasteiger partial charge in [-0.05, 0) is 80.8 Å². The zero-order valence-electron chi connectivity index (χ0n) is 24.3. The quantitative estimate of drug-likeness (QED) is 0.299. The molecule has 0 aromatic heterocycles. The molecule has 42 heavy (non-hydrogen) atoms. The first-order valence-corrected chi connectivity index (χ1v) is 16.0. The van der Waals surface area contributed by atoms with Crippen molar-refractivity contribution in [2.45, 2.75) is 69.5 Å². The number of ether oxygens (including phenoxy) is 1. The van der Waals surface area contributed by atoms with Gasteiger partial charge in [0.25, 0.3) is 10.0 Å². The summed E-state index contributed by atoms with van der Waals surface area (Å²) in [6.45, 7) is 3.29. The molecule has 1 unspecified atom stereocenters. The summed E-state index contributed by atoms with van der Waals surface area (Å²) in [7, 11) is -2.69. The molecule has 0 heterocycles. The number of anilines is 1. The SMILES string of the molecule is COc1ccc(S(=O)(=O)N(CC(=O)N(Cc2cccc(C)c2)C(C)C(=O)NC2CCCCC2)c2ccc(Cl)cc2)cc1. The molecule has 3 aromatic rings. The minimum Gasteiger partial charge on any atom is -0.497 e. The Labute approximate surface area is 253 Å². The lowest BCUT2D eigenvalue weighted by Crippen LogP contribution is -2.53. The number of hydrogen-bond donors (Lipinski definition) is 1. The van der Waals surface area contributed by atoms with Gasteiger partial charge in [0.2, 0.25) is 11.8 Å². The van der Waals surface area contributed by atoms with Crippen molar-refractivity contribution in [3.8, 4) is 5.75 Å². The maximum absolute atomic E-state index is 14.1. The van der Waals surface area contributed by atoms with Crippen LogP contribution in [0.15, 0.2) is 77.7 Å². The van der Waals surface area contributed by atoms with Crippen LogP contribution in [-0.4, -0.2) is 50.9 Å². The Morgan fingerprint density at radius 1 is 1.00 bits per heavy atom. The molecule has 1 atom stereocenters. The normalized spacial score (nSPS) is 14.6. The number of carbonyl (C=O) groups excluding carboxylic acids is 2. The summed E-state index contributed by atoms with van der Waals surface area (Å²) in [5, 5.41) is 3.55. The Bertz CT molecular complexity index is 1470. The predicted octanol–water partition coefficient (Wildman–Crippen LogP) is 5.72. The number of nitrogens with zero attached hydrogens (tertiary/aromatic N) is 2. The summed E-state index contributed by atoms with van der Waals surface area (Å²) in [5.74, 6) is -0.251. The van der Waals surface area contributed by atoms with Crippen molar-refractivity contribution in [3.63, 3.8) is 0 Å². The van der Waals surface area contributed by atoms with Crippen LogP contribution in [0.2, 0.25) is 5.02 Å². The van der Waals surface area contributed by atoms with Gasteiger partial charge in [-0.1, -0.05) is 60.7 Å². The van der Waals surface area contributed by atoms with E-state index in [2.05, 4.69) is 5.32 Å². The molecule has 0 saturated heterocycles. The van der Waals surface area contributed by atoms with Crippen molar-refractivity contribution in [2.75, 3.05) is 18.0 Å². The van der Waals surface area contributed by atoms with Gasteiger partial charge in [-0.15, -0.1) is 0 Å². The lowest BCUT2D eigenvalue weighted by Gasteiger charge is -2.33. The molecule has 1 aliphatic carbocycles. The van der Waals surface area contributed by atoms with E-state index in [1.807, 2.05) is 31.2 Å². The highest BCUT2D eigenvalue weighted by atomic mass is 35.5. The molecule has 8 nitrogen and oxygen atoms in total. The standard InChI is InChI=1S/C32H38ClN3O5S/c1-23-8-7-9-25(20-23)21-35(24(2)32(38)34-27-10-5-4-6-11-27)31(37)22-36(28-14-12-26(33)13-15-28)42(39,40)30-18-16-29(41-3)17-19-30/h7-9,12-20,24,27H,4-6,10-11,21-22H2,1-3H3,(H,34,38). The van der Waals surface area contributed by atoms with Crippen molar-refractivity contribution in [3.05, 3.63) is 88.9 Å². The molecule has 1 aliphatic rings. The summed E-state index contributed by atoms with van der Waals surface area (Å²) < 4.78 is 34.1. The van der Waals surface area contributed by atoms with Crippen LogP contribution in [0.1, 0.15) is 50.2 Å². The van der Waals surface area contributed by atoms with Gasteiger partial charge in [-0.2, -0.15) is 0 Å². The minimum atomic E-state index is -4.18. The molecule has 3 aromatic carbocycles. The number of rotatable bonds is 11. The van der Waals surface area contributed by atoms with Crippen molar-refractivity contribution in [1.29, 1.82) is 0 Å². The van der Waals surface area contributed by atoms with Gasteiger partial charge in [-0.3, -0.25) is 13.9 Å². The highest BCUT2D eigenvalue weighted by Crippen LogP contribution is 2.27. The summed E-state index contributed by atoms with van der Waals surface area (Å²) in [5.41, 5.74) is 2.14. The van der Waals surface area contributed by atoms with Crippen LogP contribution in [-0.2, 0) is 26.2 Å². The second kappa shape index (κ2) is 14.1. The number of sulfonamides is 1. The van der Waals surface area contributed by atoms with E-state index < -0.39 is 28.5 Å². The van der Waals surface area contributed by atoms with Gasteiger partial charge < -0.3 is 15.0 Å². The molecule has 2 amide bonds. The van der Waals surface area contributed by atoms with E-state index in [-0.39, 0.29) is 29.1 Å². The smallest absolute Gasteiger partial charge is 0.264 e. The van der Waals surface area contributed by atoms with Crippen molar-refractivity contribution >= 4 is 39.1 Å². The number of carbonyl (C=O) groups is 2. The molecule has 10 heteroatoms. The average Bonchev–Trinajstić information content (AvgIpc) is 2.99. The Morgan fingerprint density at radius 3 is 2.29 bits per heavy atom. The second-order valence-electron chi connectivity index (χ2n) is 10.7. The van der Waals surface area contributed by atoms with Gasteiger partial charge in [0.05, 0.1) is 17.7 Å². The first kappa shape index (κ1) is 31.4. The number of nitrogens with one attached hydrogen (secondary N) is 1. The molecule has 0 radical (unpaired) electrons. The fraction of sp³-hybridized carbons (Fsp3) is 0.375. The number of amides is 2. The molecule has 0 spiro atoms. The lowest BCUT2D eigenvalue weighted by molar-refractivity contribution is -0.139. The third-order valence-electron chi connectivity index (χ3n) is 7.60. The molecule has 0 aliphatic heterocycles. The monoisotopic (exact) mass is 611 g/mol. The van der Waals surface area contributed by atoms with Gasteiger partial charge in [0, 0.05) is 17.6 Å². The molecular formula is C32H38ClN3O5S. The van der Waals surface area contributed by atoms with E-state index in [1.165, 1.54) is 24.1 Å². The maximum atomic E-state index is 14.1. The first-order valence-electron chi connectivity index (χ1n) is 14.2. The van der Waals surface area contributed by atoms with Crippen LogP contribution < -0.4 is 14.4 Å². The second-order valence-corrected chi connectivity index (χ2v) is 13.0. The van der Waals surface area contributed by atoms with Crippen LogP contribution in [0.3, 0.4) is 0 Å². The summed E-state index contributed by atoms with van der Waals surface area (Å²) in [4.78, 5) is 29.0. The summed E-state index contributed by atoms with van der Waals surface area (Å²) >= 11 is 6.10. The van der Waals surface area contributed by atoms with Crippen molar-refractivity contribution in [2.24, 2.45) is 0 Å². The fourth-order valence-corrected chi connectivity index (χ4v) is 6.71. The van der Waals surface area contributed by atoms with Gasteiger partial charge in [0.15, 0.2) is 0 Å². The number of hydrogen-bond acceptors (Lipinski definition) is 5. The van der Waals surface area contributed by atoms with E-state index in [4.69, 9.17) is 16.3 Å². The van der Waals surface area contributed by atoms with Gasteiger partial charge >= 0.3 is 0 Å². The van der Waals surface area contributed by atoms with Crippen LogP contribution in [0.5, 0.6) is 5.75 Å². The average molecular weight is 612 g/mol. The number of benzene rings is 3. The zero-order valence-corrected chi connectivity index (χ0v) is 25.8. The third kappa shape index (κ3) is 7.83. The molecule has 1 fully saturated rings. The fourth-order valence-electron chi connectivity index (χ4n) is 5.17. The Kier molecular flexibility index (Phi) is 10.5. The van der Waals surface area contributed by atoms with Crippen LogP contribution in [0.25, 0.3) is 0 Å². The molecular weight excluding hydrogens is 574 g/mol. The van der Waals surface area contributed by atoms with E-state index in [0.717, 1.165) is 47.5 Å². The Balaban J connectivity index is 1.67. The lowest BCUT2D eigenvalue weighted by atomic mass is 9.95. The van der Waals surface area contributed by atoms with E-state index in [9.17, 15) is 18.0 Å². The predicted molar refractivity (Wildman–Crippen MR) is 165 cm³/mol.